The SMILES string of the molecule is O=C=Nc1ccccc1N=C=O.c1ccccc1. The normalized spacial score (nSPS) is 8.00. The van der Waals surface area contributed by atoms with Crippen molar-refractivity contribution in [3.8, 4) is 0 Å². The highest BCUT2D eigenvalue weighted by Gasteiger charge is 1.96. The van der Waals surface area contributed by atoms with Crippen LogP contribution in [0.5, 0.6) is 0 Å². The Morgan fingerprint density at radius 2 is 0.944 bits per heavy atom. The molecule has 0 fully saturated rings. The molecule has 18 heavy (non-hydrogen) atoms. The van der Waals surface area contributed by atoms with Gasteiger partial charge in [0, 0.05) is 0 Å². The van der Waals surface area contributed by atoms with Gasteiger partial charge in [0.1, 0.15) is 11.4 Å². The van der Waals surface area contributed by atoms with Crippen LogP contribution in [0.1, 0.15) is 0 Å². The molecule has 0 radical (unpaired) electrons. The van der Waals surface area contributed by atoms with Crippen molar-refractivity contribution in [3.05, 3.63) is 60.7 Å². The molecule has 0 aliphatic heterocycles. The van der Waals surface area contributed by atoms with Crippen molar-refractivity contribution in [1.29, 1.82) is 0 Å². The van der Waals surface area contributed by atoms with Gasteiger partial charge in [-0.25, -0.2) is 9.59 Å². The Balaban J connectivity index is 0.000000225. The number of hydrogen-bond acceptors (Lipinski definition) is 4. The zero-order valence-corrected chi connectivity index (χ0v) is 9.48. The van der Waals surface area contributed by atoms with E-state index in [2.05, 4.69) is 9.98 Å². The minimum atomic E-state index is 0.316. The van der Waals surface area contributed by atoms with Crippen molar-refractivity contribution in [2.45, 2.75) is 0 Å². The van der Waals surface area contributed by atoms with Gasteiger partial charge in [-0.15, -0.1) is 0 Å². The number of rotatable bonds is 2. The maximum Gasteiger partial charge on any atom is 0.240 e. The Kier molecular flexibility index (Phi) is 6.16. The molecule has 0 saturated heterocycles. The van der Waals surface area contributed by atoms with Crippen LogP contribution in [0.3, 0.4) is 0 Å². The molecule has 4 heteroatoms. The number of aliphatic imine (C=N–C) groups is 2. The summed E-state index contributed by atoms with van der Waals surface area (Å²) in [5.74, 6) is 0. The van der Waals surface area contributed by atoms with Gasteiger partial charge in [0.15, 0.2) is 0 Å². The highest BCUT2D eigenvalue weighted by molar-refractivity contribution is 5.67. The molecular weight excluding hydrogens is 228 g/mol. The quantitative estimate of drug-likeness (QED) is 0.595. The van der Waals surface area contributed by atoms with E-state index in [9.17, 15) is 9.59 Å². The maximum absolute atomic E-state index is 9.90. The van der Waals surface area contributed by atoms with E-state index in [1.807, 2.05) is 36.4 Å². The van der Waals surface area contributed by atoms with Crippen LogP contribution in [-0.2, 0) is 9.59 Å². The molecule has 0 spiro atoms. The summed E-state index contributed by atoms with van der Waals surface area (Å²) in [6, 6.07) is 18.5. The zero-order valence-electron chi connectivity index (χ0n) is 9.48. The summed E-state index contributed by atoms with van der Waals surface area (Å²) in [6.07, 6.45) is 2.74. The Morgan fingerprint density at radius 1 is 0.611 bits per heavy atom. The summed E-state index contributed by atoms with van der Waals surface area (Å²) in [6.45, 7) is 0. The fourth-order valence-corrected chi connectivity index (χ4v) is 1.14. The monoisotopic (exact) mass is 238 g/mol. The first kappa shape index (κ1) is 13.3. The van der Waals surface area contributed by atoms with Crippen molar-refractivity contribution in [2.24, 2.45) is 9.98 Å². The second-order valence-corrected chi connectivity index (χ2v) is 3.05. The summed E-state index contributed by atoms with van der Waals surface area (Å²) in [5, 5.41) is 0. The third kappa shape index (κ3) is 4.81. The summed E-state index contributed by atoms with van der Waals surface area (Å²) in [7, 11) is 0. The molecule has 0 atom stereocenters. The number of hydrogen-bond donors (Lipinski definition) is 0. The van der Waals surface area contributed by atoms with E-state index in [1.165, 1.54) is 12.2 Å². The van der Waals surface area contributed by atoms with Crippen LogP contribution >= 0.6 is 0 Å². The van der Waals surface area contributed by atoms with Crippen LogP contribution in [0.2, 0.25) is 0 Å². The van der Waals surface area contributed by atoms with E-state index in [1.54, 1.807) is 24.3 Å². The van der Waals surface area contributed by atoms with Crippen LogP contribution in [0.4, 0.5) is 11.4 Å². The van der Waals surface area contributed by atoms with Crippen LogP contribution in [0.15, 0.2) is 70.6 Å². The van der Waals surface area contributed by atoms with Gasteiger partial charge in [-0.2, -0.15) is 9.98 Å². The summed E-state index contributed by atoms with van der Waals surface area (Å²) < 4.78 is 0. The molecule has 88 valence electrons. The average molecular weight is 238 g/mol. The number of nitrogens with zero attached hydrogens (tertiary/aromatic N) is 2. The predicted molar refractivity (Wildman–Crippen MR) is 68.4 cm³/mol. The number of para-hydroxylation sites is 2. The number of benzene rings is 2. The minimum absolute atomic E-state index is 0.316. The molecule has 0 amide bonds. The van der Waals surface area contributed by atoms with Gasteiger partial charge >= 0.3 is 0 Å². The highest BCUT2D eigenvalue weighted by atomic mass is 16.1. The first-order valence-corrected chi connectivity index (χ1v) is 5.13. The average Bonchev–Trinajstić information content (AvgIpc) is 2.44. The van der Waals surface area contributed by atoms with Gasteiger partial charge in [0.25, 0.3) is 0 Å². The van der Waals surface area contributed by atoms with E-state index in [4.69, 9.17) is 0 Å². The first-order chi connectivity index (χ1) is 8.88. The molecule has 0 aliphatic rings. The lowest BCUT2D eigenvalue weighted by Gasteiger charge is -1.92. The molecule has 0 saturated carbocycles. The molecule has 0 aliphatic carbocycles. The second kappa shape index (κ2) is 8.36. The van der Waals surface area contributed by atoms with Gasteiger partial charge in [-0.05, 0) is 12.1 Å². The largest absolute Gasteiger partial charge is 0.240 e. The second-order valence-electron chi connectivity index (χ2n) is 3.05. The lowest BCUT2D eigenvalue weighted by Crippen LogP contribution is -1.66. The molecule has 0 bridgehead atoms. The van der Waals surface area contributed by atoms with Gasteiger partial charge in [-0.1, -0.05) is 48.5 Å². The summed E-state index contributed by atoms with van der Waals surface area (Å²) in [5.41, 5.74) is 0.631. The minimum Gasteiger partial charge on any atom is -0.211 e. The molecule has 0 aromatic heterocycles. The van der Waals surface area contributed by atoms with E-state index in [-0.39, 0.29) is 0 Å². The third-order valence-corrected chi connectivity index (χ3v) is 1.88. The molecular formula is C14H10N2O2. The summed E-state index contributed by atoms with van der Waals surface area (Å²) >= 11 is 0. The number of carbonyl (C=O) groups excluding carboxylic acids is 2. The molecule has 2 aromatic carbocycles. The van der Waals surface area contributed by atoms with E-state index in [0.717, 1.165) is 0 Å². The van der Waals surface area contributed by atoms with E-state index >= 15 is 0 Å². The Hall–Kier alpha value is -2.80. The fourth-order valence-electron chi connectivity index (χ4n) is 1.14. The van der Waals surface area contributed by atoms with Crippen molar-refractivity contribution in [1.82, 2.24) is 0 Å². The van der Waals surface area contributed by atoms with Crippen molar-refractivity contribution in [2.75, 3.05) is 0 Å². The lowest BCUT2D eigenvalue weighted by atomic mass is 10.3. The standard InChI is InChI=1S/C8H4N2O2.C6H6/c11-5-9-7-3-1-2-4-8(7)10-6-12;1-2-4-6-5-3-1/h1-4H;1-6H. The van der Waals surface area contributed by atoms with Crippen molar-refractivity contribution < 1.29 is 9.59 Å². The molecule has 0 heterocycles. The van der Waals surface area contributed by atoms with Crippen molar-refractivity contribution in [3.63, 3.8) is 0 Å². The maximum atomic E-state index is 9.90. The molecule has 2 rings (SSSR count). The van der Waals surface area contributed by atoms with Crippen molar-refractivity contribution >= 4 is 23.5 Å². The Morgan fingerprint density at radius 3 is 1.22 bits per heavy atom. The van der Waals surface area contributed by atoms with Crippen LogP contribution in [-0.4, -0.2) is 12.2 Å². The highest BCUT2D eigenvalue weighted by Crippen LogP contribution is 2.25. The first-order valence-electron chi connectivity index (χ1n) is 5.13. The summed E-state index contributed by atoms with van der Waals surface area (Å²) in [4.78, 5) is 26.5. The van der Waals surface area contributed by atoms with E-state index < -0.39 is 0 Å². The van der Waals surface area contributed by atoms with Gasteiger partial charge in [-0.3, -0.25) is 0 Å². The molecule has 0 N–H and O–H groups in total. The number of isocyanates is 2. The topological polar surface area (TPSA) is 58.9 Å². The smallest absolute Gasteiger partial charge is 0.211 e. The Bertz CT molecular complexity index is 506. The molecule has 2 aromatic rings. The van der Waals surface area contributed by atoms with Crippen LogP contribution in [0.25, 0.3) is 0 Å². The predicted octanol–water partition coefficient (Wildman–Crippen LogP) is 3.31. The van der Waals surface area contributed by atoms with Crippen LogP contribution in [0, 0.1) is 0 Å². The van der Waals surface area contributed by atoms with Crippen LogP contribution < -0.4 is 0 Å². The van der Waals surface area contributed by atoms with Gasteiger partial charge in [0.2, 0.25) is 12.2 Å². The zero-order chi connectivity index (χ0) is 13.1. The van der Waals surface area contributed by atoms with Gasteiger partial charge in [0.05, 0.1) is 0 Å². The molecule has 0 unspecified atom stereocenters. The fraction of sp³-hybridized carbons (Fsp3) is 0. The molecule has 4 nitrogen and oxygen atoms in total. The Labute approximate surface area is 104 Å². The van der Waals surface area contributed by atoms with Gasteiger partial charge < -0.3 is 0 Å². The lowest BCUT2D eigenvalue weighted by molar-refractivity contribution is 0.564. The van der Waals surface area contributed by atoms with E-state index in [0.29, 0.717) is 11.4 Å². The third-order valence-electron chi connectivity index (χ3n) is 1.88.